The van der Waals surface area contributed by atoms with Crippen LogP contribution in [-0.2, 0) is 28.7 Å². The lowest BCUT2D eigenvalue weighted by Gasteiger charge is -2.38. The average Bonchev–Trinajstić information content (AvgIpc) is 3.08. The number of cyclic esters (lactones) is 1. The number of unbranched alkanes of at least 4 members (excludes halogenated alkanes) is 7. The molecule has 14 nitrogen and oxygen atoms in total. The quantitative estimate of drug-likeness (QED) is 0.0793. The number of esters is 1. The molecule has 0 bridgehead atoms. The molecule has 0 saturated carbocycles. The number of amides is 4. The first kappa shape index (κ1) is 44.0. The summed E-state index contributed by atoms with van der Waals surface area (Å²) in [5.74, 6) is -4.58. The molecule has 0 spiro atoms. The molecule has 1 heterocycles. The number of rotatable bonds is 14. The molecular weight excluding hydrogens is 634 g/mol. The number of allylic oxidation sites excluding steroid dienone is 1. The number of nitrogens with zero attached hydrogens (tertiary/aromatic N) is 1. The van der Waals surface area contributed by atoms with Crippen molar-refractivity contribution in [3.63, 3.8) is 0 Å². The van der Waals surface area contributed by atoms with Gasteiger partial charge >= 0.3 is 5.97 Å². The monoisotopic (exact) mass is 697 g/mol. The van der Waals surface area contributed by atoms with Gasteiger partial charge in [-0.05, 0) is 38.5 Å². The molecule has 0 aromatic carbocycles. The largest absolute Gasteiger partial charge is 0.460 e. The molecule has 14 heteroatoms. The maximum absolute atomic E-state index is 14.0. The van der Waals surface area contributed by atoms with Gasteiger partial charge < -0.3 is 40.9 Å². The van der Waals surface area contributed by atoms with Gasteiger partial charge in [0.15, 0.2) is 0 Å². The van der Waals surface area contributed by atoms with Crippen LogP contribution in [0.3, 0.4) is 0 Å². The molecule has 282 valence electrons. The first-order valence-electron chi connectivity index (χ1n) is 18.0. The third-order valence-electron chi connectivity index (χ3n) is 8.93. The Labute approximate surface area is 292 Å². The Hall–Kier alpha value is -3.07. The van der Waals surface area contributed by atoms with E-state index in [0.29, 0.717) is 19.3 Å². The van der Waals surface area contributed by atoms with Crippen LogP contribution in [0.2, 0.25) is 0 Å². The van der Waals surface area contributed by atoms with E-state index >= 15 is 0 Å². The zero-order valence-corrected chi connectivity index (χ0v) is 30.6. The number of hydrogen-bond donors (Lipinski definition) is 7. The number of likely N-dealkylation sites (N-methyl/N-ethyl adjacent to an activating group) is 1. The van der Waals surface area contributed by atoms with Gasteiger partial charge in [0.25, 0.3) is 5.91 Å². The van der Waals surface area contributed by atoms with Crippen molar-refractivity contribution in [1.29, 1.82) is 0 Å². The summed E-state index contributed by atoms with van der Waals surface area (Å²) in [7, 11) is 1.53. The van der Waals surface area contributed by atoms with E-state index < -0.39 is 85.2 Å². The molecule has 4 amide bonds. The number of aliphatic hydroxyl groups excluding tert-OH is 3. The predicted molar refractivity (Wildman–Crippen MR) is 185 cm³/mol. The van der Waals surface area contributed by atoms with Crippen LogP contribution < -0.4 is 21.3 Å². The summed E-state index contributed by atoms with van der Waals surface area (Å²) < 4.78 is 5.79. The van der Waals surface area contributed by atoms with Crippen molar-refractivity contribution in [2.45, 2.75) is 149 Å². The lowest BCUT2D eigenvalue weighted by atomic mass is 9.94. The molecule has 0 aliphatic carbocycles. The second-order valence-corrected chi connectivity index (χ2v) is 13.4. The number of aliphatic hydroxyl groups is 3. The van der Waals surface area contributed by atoms with E-state index in [1.807, 2.05) is 13.8 Å². The Bertz CT molecular complexity index is 1090. The van der Waals surface area contributed by atoms with Crippen molar-refractivity contribution in [2.75, 3.05) is 20.2 Å². The van der Waals surface area contributed by atoms with Crippen LogP contribution in [0.15, 0.2) is 11.8 Å². The van der Waals surface area contributed by atoms with Crippen LogP contribution in [0.25, 0.3) is 0 Å². The van der Waals surface area contributed by atoms with Gasteiger partial charge in [-0.15, -0.1) is 0 Å². The van der Waals surface area contributed by atoms with Gasteiger partial charge in [-0.25, -0.2) is 0 Å². The van der Waals surface area contributed by atoms with Crippen molar-refractivity contribution in [2.24, 2.45) is 11.8 Å². The maximum Gasteiger partial charge on any atom is 0.325 e. The predicted octanol–water partition coefficient (Wildman–Crippen LogP) is 1.61. The van der Waals surface area contributed by atoms with Crippen LogP contribution in [0.4, 0.5) is 0 Å². The summed E-state index contributed by atoms with van der Waals surface area (Å²) in [5.41, 5.74) is -0.237. The first-order chi connectivity index (χ1) is 23.2. The lowest BCUT2D eigenvalue weighted by Crippen LogP contribution is -2.62. The van der Waals surface area contributed by atoms with Crippen molar-refractivity contribution in [1.82, 2.24) is 26.2 Å². The van der Waals surface area contributed by atoms with Gasteiger partial charge in [-0.2, -0.15) is 0 Å². The van der Waals surface area contributed by atoms with E-state index in [1.54, 1.807) is 13.8 Å². The highest BCUT2D eigenvalue weighted by Gasteiger charge is 2.38. The average molecular weight is 698 g/mol. The normalized spacial score (nSPS) is 27.1. The van der Waals surface area contributed by atoms with E-state index in [-0.39, 0.29) is 18.0 Å². The standard InChI is InChI=1S/C35H63N5O9/c1-8-11-12-13-14-15-16-17-18-28-23(6)35(48)40(7)26(19-22(4)5)33(46)39-30(27(42)10-3)34(47)38-25(21-41)32(45)37-24(9-2)31(44)36-20-29(43)49-28/h9,22-23,25-28,30,33,39,41-42,46H,8,10-21H2,1-7H3,(H,36,44)(H,37,45)(H,38,47)/b24-9-/t23-,25+,26+,27+,28-,30+,33?/m1/s1. The maximum atomic E-state index is 14.0. The van der Waals surface area contributed by atoms with E-state index in [4.69, 9.17) is 4.74 Å². The Morgan fingerprint density at radius 1 is 0.980 bits per heavy atom. The summed E-state index contributed by atoms with van der Waals surface area (Å²) in [4.78, 5) is 67.6. The molecule has 0 radical (unpaired) electrons. The lowest BCUT2D eigenvalue weighted by molar-refractivity contribution is -0.157. The third kappa shape index (κ3) is 15.2. The van der Waals surface area contributed by atoms with Gasteiger partial charge in [-0.3, -0.25) is 29.3 Å². The molecule has 1 saturated heterocycles. The summed E-state index contributed by atoms with van der Waals surface area (Å²) in [5, 5.41) is 42.0. The molecule has 7 N–H and O–H groups in total. The zero-order valence-electron chi connectivity index (χ0n) is 30.6. The number of carbonyl (C=O) groups is 5. The van der Waals surface area contributed by atoms with Crippen molar-refractivity contribution in [3.8, 4) is 0 Å². The highest BCUT2D eigenvalue weighted by molar-refractivity contribution is 6.00. The van der Waals surface area contributed by atoms with Crippen molar-refractivity contribution < 1.29 is 44.0 Å². The van der Waals surface area contributed by atoms with Gasteiger partial charge in [0, 0.05) is 7.05 Å². The van der Waals surface area contributed by atoms with Crippen LogP contribution in [-0.4, -0.2) is 107 Å². The summed E-state index contributed by atoms with van der Waals surface area (Å²) in [6.45, 7) is 9.39. The molecule has 1 fully saturated rings. The van der Waals surface area contributed by atoms with Crippen LogP contribution in [0.1, 0.15) is 112 Å². The van der Waals surface area contributed by atoms with Crippen LogP contribution in [0, 0.1) is 11.8 Å². The zero-order chi connectivity index (χ0) is 37.1. The Balaban J connectivity index is 3.46. The highest BCUT2D eigenvalue weighted by Crippen LogP contribution is 2.23. The molecular formula is C35H63N5O9. The number of ether oxygens (including phenoxy) is 1. The molecule has 7 atom stereocenters. The highest BCUT2D eigenvalue weighted by atomic mass is 16.5. The minimum Gasteiger partial charge on any atom is -0.460 e. The Morgan fingerprint density at radius 3 is 2.14 bits per heavy atom. The van der Waals surface area contributed by atoms with Crippen LogP contribution >= 0.6 is 0 Å². The molecule has 0 aromatic rings. The second kappa shape index (κ2) is 23.4. The molecule has 1 rings (SSSR count). The molecule has 49 heavy (non-hydrogen) atoms. The summed E-state index contributed by atoms with van der Waals surface area (Å²) in [6, 6.07) is -3.81. The van der Waals surface area contributed by atoms with Crippen molar-refractivity contribution >= 4 is 29.6 Å². The summed E-state index contributed by atoms with van der Waals surface area (Å²) in [6.07, 6.45) is 6.97. The molecule has 1 unspecified atom stereocenters. The smallest absolute Gasteiger partial charge is 0.325 e. The minimum atomic E-state index is -1.53. The Morgan fingerprint density at radius 2 is 1.59 bits per heavy atom. The number of carbonyl (C=O) groups excluding carboxylic acids is 5. The fourth-order valence-electron chi connectivity index (χ4n) is 5.80. The van der Waals surface area contributed by atoms with E-state index in [9.17, 15) is 39.3 Å². The van der Waals surface area contributed by atoms with Gasteiger partial charge in [0.05, 0.1) is 24.7 Å². The fraction of sp³-hybridized carbons (Fsp3) is 0.800. The van der Waals surface area contributed by atoms with E-state index in [1.165, 1.54) is 44.2 Å². The summed E-state index contributed by atoms with van der Waals surface area (Å²) >= 11 is 0. The molecule has 1 aliphatic heterocycles. The van der Waals surface area contributed by atoms with Crippen molar-refractivity contribution in [3.05, 3.63) is 11.8 Å². The third-order valence-corrected chi connectivity index (χ3v) is 8.93. The molecule has 1 aliphatic rings. The van der Waals surface area contributed by atoms with E-state index in [0.717, 1.165) is 25.7 Å². The SMILES string of the molecule is C/C=C1\NC(=O)[C@H](CO)NC(=O)[C@H]([C@@H](O)CC)NC(O)[C@H](CC(C)C)N(C)C(=O)[C@H](C)[C@@H](CCCCCCCCCC)OC(=O)CNC1=O. The fourth-order valence-corrected chi connectivity index (χ4v) is 5.80. The number of nitrogens with one attached hydrogen (secondary N) is 4. The van der Waals surface area contributed by atoms with E-state index in [2.05, 4.69) is 28.2 Å². The minimum absolute atomic E-state index is 0.00911. The first-order valence-corrected chi connectivity index (χ1v) is 18.0. The van der Waals surface area contributed by atoms with Gasteiger partial charge in [0.1, 0.15) is 36.7 Å². The van der Waals surface area contributed by atoms with Crippen LogP contribution in [0.5, 0.6) is 0 Å². The Kier molecular flexibility index (Phi) is 20.9. The topological polar surface area (TPSA) is 207 Å². The molecule has 0 aromatic heterocycles. The van der Waals surface area contributed by atoms with Gasteiger partial charge in [-0.1, -0.05) is 85.6 Å². The van der Waals surface area contributed by atoms with Gasteiger partial charge in [0.2, 0.25) is 17.7 Å². The second-order valence-electron chi connectivity index (χ2n) is 13.4. The number of hydrogen-bond acceptors (Lipinski definition) is 10.